The van der Waals surface area contributed by atoms with Crippen LogP contribution in [0.15, 0.2) is 36.4 Å². The Morgan fingerprint density at radius 1 is 1.11 bits per heavy atom. The fourth-order valence-corrected chi connectivity index (χ4v) is 3.65. The molecule has 0 aliphatic heterocycles. The summed E-state index contributed by atoms with van der Waals surface area (Å²) in [7, 11) is -3.61. The van der Waals surface area contributed by atoms with E-state index in [1.54, 1.807) is 18.2 Å². The van der Waals surface area contributed by atoms with E-state index in [4.69, 9.17) is 16.3 Å². The molecule has 1 amide bonds. The zero-order chi connectivity index (χ0) is 20.9. The van der Waals surface area contributed by atoms with Crippen molar-refractivity contribution in [1.82, 2.24) is 5.32 Å². The van der Waals surface area contributed by atoms with Gasteiger partial charge in [0.05, 0.1) is 18.5 Å². The molecular formula is C20H25ClN2O4S. The summed E-state index contributed by atoms with van der Waals surface area (Å²) in [5.41, 5.74) is 3.15. The van der Waals surface area contributed by atoms with Gasteiger partial charge in [-0.2, -0.15) is 0 Å². The number of aryl methyl sites for hydroxylation is 3. The van der Waals surface area contributed by atoms with Gasteiger partial charge in [-0.25, -0.2) is 8.42 Å². The third-order valence-electron chi connectivity index (χ3n) is 4.16. The molecule has 0 radical (unpaired) electrons. The maximum absolute atomic E-state index is 12.3. The predicted octanol–water partition coefficient (Wildman–Crippen LogP) is 3.23. The third kappa shape index (κ3) is 6.14. The number of anilines is 1. The molecule has 2 aromatic rings. The van der Waals surface area contributed by atoms with Crippen LogP contribution in [-0.2, 0) is 14.8 Å². The molecule has 1 N–H and O–H groups in total. The molecule has 0 aliphatic carbocycles. The van der Waals surface area contributed by atoms with Crippen molar-refractivity contribution in [2.45, 2.75) is 20.8 Å². The fourth-order valence-electron chi connectivity index (χ4n) is 2.58. The molecule has 0 unspecified atom stereocenters. The Kier molecular flexibility index (Phi) is 7.32. The summed E-state index contributed by atoms with van der Waals surface area (Å²) >= 11 is 6.05. The SMILES string of the molecule is Cc1ccc(C)c(N(CC(=O)NCCOc2ccc(C)c(Cl)c2)S(C)(=O)=O)c1. The van der Waals surface area contributed by atoms with Crippen LogP contribution in [-0.4, -0.2) is 40.3 Å². The average Bonchev–Trinajstić information content (AvgIpc) is 2.61. The van der Waals surface area contributed by atoms with Gasteiger partial charge in [0.15, 0.2) is 0 Å². The first-order valence-corrected chi connectivity index (χ1v) is 11.0. The number of amides is 1. The Labute approximate surface area is 171 Å². The molecule has 0 aromatic heterocycles. The molecule has 0 bridgehead atoms. The lowest BCUT2D eigenvalue weighted by molar-refractivity contribution is -0.119. The van der Waals surface area contributed by atoms with Gasteiger partial charge >= 0.3 is 0 Å². The average molecular weight is 425 g/mol. The van der Waals surface area contributed by atoms with Crippen molar-refractivity contribution < 1.29 is 17.9 Å². The van der Waals surface area contributed by atoms with Gasteiger partial charge in [-0.15, -0.1) is 0 Å². The summed E-state index contributed by atoms with van der Waals surface area (Å²) in [6.45, 7) is 5.78. The molecule has 0 spiro atoms. The van der Waals surface area contributed by atoms with Gasteiger partial charge in [-0.1, -0.05) is 29.8 Å². The first kappa shape index (κ1) is 22.0. The van der Waals surface area contributed by atoms with E-state index in [0.717, 1.165) is 27.3 Å². The van der Waals surface area contributed by atoms with Gasteiger partial charge in [0.2, 0.25) is 15.9 Å². The largest absolute Gasteiger partial charge is 0.492 e. The highest BCUT2D eigenvalue weighted by Crippen LogP contribution is 2.24. The number of nitrogens with zero attached hydrogens (tertiary/aromatic N) is 1. The zero-order valence-electron chi connectivity index (χ0n) is 16.5. The van der Waals surface area contributed by atoms with E-state index in [9.17, 15) is 13.2 Å². The van der Waals surface area contributed by atoms with Crippen LogP contribution >= 0.6 is 11.6 Å². The molecule has 0 fully saturated rings. The van der Waals surface area contributed by atoms with Gasteiger partial charge in [0, 0.05) is 5.02 Å². The lowest BCUT2D eigenvalue weighted by atomic mass is 10.1. The molecule has 0 aliphatic rings. The number of nitrogens with one attached hydrogen (secondary N) is 1. The van der Waals surface area contributed by atoms with E-state index >= 15 is 0 Å². The van der Waals surface area contributed by atoms with Crippen molar-refractivity contribution in [3.8, 4) is 5.75 Å². The van der Waals surface area contributed by atoms with E-state index in [1.807, 2.05) is 39.0 Å². The summed E-state index contributed by atoms with van der Waals surface area (Å²) in [5.74, 6) is 0.204. The lowest BCUT2D eigenvalue weighted by Crippen LogP contribution is -2.41. The van der Waals surface area contributed by atoms with Crippen molar-refractivity contribution in [1.29, 1.82) is 0 Å². The number of sulfonamides is 1. The third-order valence-corrected chi connectivity index (χ3v) is 5.69. The summed E-state index contributed by atoms with van der Waals surface area (Å²) in [6, 6.07) is 10.9. The Balaban J connectivity index is 1.95. The van der Waals surface area contributed by atoms with Gasteiger partial charge in [0.25, 0.3) is 0 Å². The molecule has 28 heavy (non-hydrogen) atoms. The second-order valence-corrected chi connectivity index (χ2v) is 8.98. The molecular weight excluding hydrogens is 400 g/mol. The van der Waals surface area contributed by atoms with E-state index in [2.05, 4.69) is 5.32 Å². The minimum atomic E-state index is -3.61. The number of carbonyl (C=O) groups excluding carboxylic acids is 1. The molecule has 0 atom stereocenters. The molecule has 2 rings (SSSR count). The van der Waals surface area contributed by atoms with Crippen LogP contribution in [0.3, 0.4) is 0 Å². The zero-order valence-corrected chi connectivity index (χ0v) is 18.0. The topological polar surface area (TPSA) is 75.7 Å². The predicted molar refractivity (Wildman–Crippen MR) is 113 cm³/mol. The van der Waals surface area contributed by atoms with Crippen LogP contribution in [0.25, 0.3) is 0 Å². The van der Waals surface area contributed by atoms with Gasteiger partial charge in [-0.05, 0) is 55.7 Å². The van der Waals surface area contributed by atoms with Crippen molar-refractivity contribution >= 4 is 33.2 Å². The van der Waals surface area contributed by atoms with Crippen LogP contribution in [0.5, 0.6) is 5.75 Å². The first-order valence-electron chi connectivity index (χ1n) is 8.78. The summed E-state index contributed by atoms with van der Waals surface area (Å²) < 4.78 is 31.1. The molecule has 152 valence electrons. The lowest BCUT2D eigenvalue weighted by Gasteiger charge is -2.24. The van der Waals surface area contributed by atoms with Crippen LogP contribution in [0.4, 0.5) is 5.69 Å². The fraction of sp³-hybridized carbons (Fsp3) is 0.350. The molecule has 6 nitrogen and oxygen atoms in total. The van der Waals surface area contributed by atoms with Crippen molar-refractivity contribution in [2.24, 2.45) is 0 Å². The van der Waals surface area contributed by atoms with Crippen LogP contribution < -0.4 is 14.4 Å². The highest BCUT2D eigenvalue weighted by atomic mass is 35.5. The second-order valence-electron chi connectivity index (χ2n) is 6.67. The minimum absolute atomic E-state index is 0.244. The summed E-state index contributed by atoms with van der Waals surface area (Å²) in [6.07, 6.45) is 1.09. The highest BCUT2D eigenvalue weighted by molar-refractivity contribution is 7.92. The number of hydrogen-bond donors (Lipinski definition) is 1. The van der Waals surface area contributed by atoms with Gasteiger partial charge < -0.3 is 10.1 Å². The number of hydrogen-bond acceptors (Lipinski definition) is 4. The number of ether oxygens (including phenoxy) is 1. The molecule has 0 saturated heterocycles. The van der Waals surface area contributed by atoms with Crippen molar-refractivity contribution in [3.63, 3.8) is 0 Å². The standard InChI is InChI=1S/C20H25ClN2O4S/c1-14-5-6-16(3)19(11-14)23(28(4,25)26)13-20(24)22-9-10-27-17-8-7-15(2)18(21)12-17/h5-8,11-12H,9-10,13H2,1-4H3,(H,22,24). The highest BCUT2D eigenvalue weighted by Gasteiger charge is 2.22. The number of carbonyl (C=O) groups is 1. The minimum Gasteiger partial charge on any atom is -0.492 e. The van der Waals surface area contributed by atoms with E-state index in [-0.39, 0.29) is 19.7 Å². The Hall–Kier alpha value is -2.25. The van der Waals surface area contributed by atoms with Crippen LogP contribution in [0.1, 0.15) is 16.7 Å². The summed E-state index contributed by atoms with van der Waals surface area (Å²) in [5, 5.41) is 3.29. The van der Waals surface area contributed by atoms with E-state index < -0.39 is 15.9 Å². The normalized spacial score (nSPS) is 11.2. The van der Waals surface area contributed by atoms with Crippen molar-refractivity contribution in [2.75, 3.05) is 30.3 Å². The number of benzene rings is 2. The van der Waals surface area contributed by atoms with Crippen molar-refractivity contribution in [3.05, 3.63) is 58.1 Å². The molecule has 0 saturated carbocycles. The number of rotatable bonds is 8. The maximum atomic E-state index is 12.3. The van der Waals surface area contributed by atoms with Crippen LogP contribution in [0, 0.1) is 20.8 Å². The molecule has 0 heterocycles. The van der Waals surface area contributed by atoms with Crippen LogP contribution in [0.2, 0.25) is 5.02 Å². The monoisotopic (exact) mass is 424 g/mol. The Morgan fingerprint density at radius 2 is 1.79 bits per heavy atom. The van der Waals surface area contributed by atoms with Gasteiger partial charge in [0.1, 0.15) is 18.9 Å². The molecule has 8 heteroatoms. The van der Waals surface area contributed by atoms with Gasteiger partial charge in [-0.3, -0.25) is 9.10 Å². The smallest absolute Gasteiger partial charge is 0.240 e. The second kappa shape index (κ2) is 9.30. The number of halogens is 1. The maximum Gasteiger partial charge on any atom is 0.240 e. The first-order chi connectivity index (χ1) is 13.1. The quantitative estimate of drug-likeness (QED) is 0.660. The summed E-state index contributed by atoms with van der Waals surface area (Å²) in [4.78, 5) is 12.3. The molecule has 2 aromatic carbocycles. The Bertz CT molecular complexity index is 961. The Morgan fingerprint density at radius 3 is 2.43 bits per heavy atom. The van der Waals surface area contributed by atoms with E-state index in [1.165, 1.54) is 0 Å². The van der Waals surface area contributed by atoms with E-state index in [0.29, 0.717) is 16.5 Å².